The summed E-state index contributed by atoms with van der Waals surface area (Å²) >= 11 is 15.9. The number of hydrogen-bond acceptors (Lipinski definition) is 5. The molecule has 0 amide bonds. The lowest BCUT2D eigenvalue weighted by atomic mass is 9.79. The molecule has 4 unspecified atom stereocenters. The molecule has 4 aliphatic rings. The van der Waals surface area contributed by atoms with Crippen molar-refractivity contribution in [3.63, 3.8) is 0 Å². The quantitative estimate of drug-likeness (QED) is 0.0922. The van der Waals surface area contributed by atoms with Gasteiger partial charge in [-0.3, -0.25) is 0 Å². The molecule has 0 bridgehead atoms. The number of ether oxygens (including phenoxy) is 1. The molecule has 2 fully saturated rings. The Labute approximate surface area is 304 Å². The monoisotopic (exact) mass is 724 g/mol. The summed E-state index contributed by atoms with van der Waals surface area (Å²) in [6.45, 7) is 4.24. The largest absolute Gasteiger partial charge is 0.333 e. The molecule has 0 radical (unpaired) electrons. The van der Waals surface area contributed by atoms with E-state index in [0.717, 1.165) is 32.0 Å². The fraction of sp³-hybridized carbons (Fsp3) is 0.368. The van der Waals surface area contributed by atoms with E-state index in [4.69, 9.17) is 27.9 Å². The molecular formula is C38H34Cl2N6OS2. The molecule has 0 N–H and O–H groups in total. The smallest absolute Gasteiger partial charge is 0.206 e. The second-order valence-corrected chi connectivity index (χ2v) is 17.1. The Hall–Kier alpha value is -3.26. The summed E-state index contributed by atoms with van der Waals surface area (Å²) in [5.41, 5.74) is 27.3. The van der Waals surface area contributed by atoms with Crippen LogP contribution in [0, 0.1) is 0 Å². The molecule has 248 valence electrons. The third kappa shape index (κ3) is 6.00. The summed E-state index contributed by atoms with van der Waals surface area (Å²) in [5, 5.41) is 7.42. The first-order chi connectivity index (χ1) is 23.7. The van der Waals surface area contributed by atoms with Gasteiger partial charge >= 0.3 is 0 Å². The van der Waals surface area contributed by atoms with Crippen molar-refractivity contribution < 1.29 is 4.74 Å². The summed E-state index contributed by atoms with van der Waals surface area (Å²) < 4.78 is 7.42. The Balaban J connectivity index is 1.30. The molecule has 0 spiro atoms. The van der Waals surface area contributed by atoms with E-state index < -0.39 is 21.9 Å². The van der Waals surface area contributed by atoms with Crippen LogP contribution in [-0.4, -0.2) is 10.1 Å². The zero-order chi connectivity index (χ0) is 33.9. The number of halogens is 2. The maximum atomic E-state index is 10.3. The molecule has 2 aliphatic carbocycles. The maximum absolute atomic E-state index is 10.3. The van der Waals surface area contributed by atoms with Gasteiger partial charge in [-0.2, -0.15) is 0 Å². The molecule has 0 aromatic heterocycles. The number of thioether (sulfide) groups is 2. The van der Waals surface area contributed by atoms with Crippen LogP contribution in [0.1, 0.15) is 108 Å². The maximum Gasteiger partial charge on any atom is 0.206 e. The molecule has 7 nitrogen and oxygen atoms in total. The van der Waals surface area contributed by atoms with Crippen molar-refractivity contribution in [2.45, 2.75) is 94.9 Å². The van der Waals surface area contributed by atoms with Crippen LogP contribution < -0.4 is 0 Å². The normalized spacial score (nSPS) is 26.6. The van der Waals surface area contributed by atoms with Crippen LogP contribution in [-0.2, 0) is 4.74 Å². The highest BCUT2D eigenvalue weighted by Gasteiger charge is 2.60. The van der Waals surface area contributed by atoms with Gasteiger partial charge in [-0.15, -0.1) is 0 Å². The van der Waals surface area contributed by atoms with Crippen molar-refractivity contribution in [3.8, 4) is 0 Å². The third-order valence-corrected chi connectivity index (χ3v) is 13.6. The third-order valence-electron chi connectivity index (χ3n) is 10.6. The van der Waals surface area contributed by atoms with E-state index in [1.165, 1.54) is 60.3 Å². The topological polar surface area (TPSA) is 107 Å². The number of fused-ring (bicyclic) bond motifs is 2. The van der Waals surface area contributed by atoms with Crippen LogP contribution in [0.4, 0.5) is 0 Å². The van der Waals surface area contributed by atoms with Gasteiger partial charge < -0.3 is 4.74 Å². The zero-order valence-corrected chi connectivity index (χ0v) is 30.2. The average Bonchev–Trinajstić information content (AvgIpc) is 4.02. The predicted octanol–water partition coefficient (Wildman–Crippen LogP) is 13.4. The molecule has 4 aromatic carbocycles. The highest BCUT2D eigenvalue weighted by Crippen LogP contribution is 2.67. The first kappa shape index (κ1) is 32.9. The van der Waals surface area contributed by atoms with Gasteiger partial charge in [0.25, 0.3) is 0 Å². The molecule has 0 saturated heterocycles. The van der Waals surface area contributed by atoms with Crippen molar-refractivity contribution in [3.05, 3.63) is 149 Å². The van der Waals surface area contributed by atoms with Crippen molar-refractivity contribution in [1.82, 2.24) is 0 Å². The van der Waals surface area contributed by atoms with Crippen LogP contribution in [0.5, 0.6) is 0 Å². The Bertz CT molecular complexity index is 1910. The van der Waals surface area contributed by atoms with Crippen LogP contribution in [0.25, 0.3) is 20.9 Å². The van der Waals surface area contributed by atoms with E-state index in [1.54, 1.807) is 0 Å². The van der Waals surface area contributed by atoms with Gasteiger partial charge in [0.15, 0.2) is 0 Å². The second-order valence-electron chi connectivity index (χ2n) is 13.7. The molecule has 2 heterocycles. The van der Waals surface area contributed by atoms with Gasteiger partial charge in [0.1, 0.15) is 0 Å². The lowest BCUT2D eigenvalue weighted by molar-refractivity contribution is -0.0785. The second kappa shape index (κ2) is 12.8. The number of rotatable bonds is 10. The Morgan fingerprint density at radius 3 is 1.47 bits per heavy atom. The molecule has 6 atom stereocenters. The summed E-state index contributed by atoms with van der Waals surface area (Å²) in [5.74, 6) is -0.103. The van der Waals surface area contributed by atoms with Crippen LogP contribution in [0.2, 0.25) is 10.0 Å². The Morgan fingerprint density at radius 1 is 0.673 bits per heavy atom. The Morgan fingerprint density at radius 2 is 1.10 bits per heavy atom. The summed E-state index contributed by atoms with van der Waals surface area (Å²) in [6, 6.07) is 28.8. The first-order valence-electron chi connectivity index (χ1n) is 16.7. The lowest BCUT2D eigenvalue weighted by Gasteiger charge is -2.43. The number of hydrogen-bond donors (Lipinski definition) is 0. The van der Waals surface area contributed by atoms with Crippen LogP contribution in [0.15, 0.2) is 105 Å². The van der Waals surface area contributed by atoms with Gasteiger partial charge in [0.05, 0.1) is 0 Å². The van der Waals surface area contributed by atoms with Crippen LogP contribution in [0.3, 0.4) is 0 Å². The number of benzene rings is 4. The molecule has 2 saturated carbocycles. The minimum atomic E-state index is -1.49. The van der Waals surface area contributed by atoms with E-state index in [9.17, 15) is 11.1 Å². The van der Waals surface area contributed by atoms with Gasteiger partial charge in [-0.1, -0.05) is 109 Å². The van der Waals surface area contributed by atoms with Crippen molar-refractivity contribution in [2.75, 3.05) is 0 Å². The summed E-state index contributed by atoms with van der Waals surface area (Å²) in [4.78, 5) is 8.92. The number of azide groups is 2. The van der Waals surface area contributed by atoms with E-state index in [0.29, 0.717) is 21.9 Å². The van der Waals surface area contributed by atoms with E-state index in [-0.39, 0.29) is 11.8 Å². The van der Waals surface area contributed by atoms with Gasteiger partial charge in [0.2, 0.25) is 10.1 Å². The minimum absolute atomic E-state index is 0.174. The van der Waals surface area contributed by atoms with E-state index >= 15 is 0 Å². The molecular weight excluding hydrogens is 691 g/mol. The SMILES string of the molecule is C[C@@H](c1cccc(Cl)c1)C1c2ccc(C3CC3)cc2SC1(N=[N+]=[N-])OC1(N=[N+]=[N-])Sc2cc(C3CC3)ccc2C1[C@@H](C)c1cccc(Cl)c1. The highest BCUT2D eigenvalue weighted by atomic mass is 35.5. The zero-order valence-electron chi connectivity index (χ0n) is 27.0. The molecule has 2 aliphatic heterocycles. The van der Waals surface area contributed by atoms with Gasteiger partial charge in [0, 0.05) is 41.5 Å². The van der Waals surface area contributed by atoms with Crippen LogP contribution >= 0.6 is 46.7 Å². The van der Waals surface area contributed by atoms with Crippen molar-refractivity contribution >= 4 is 46.7 Å². The highest BCUT2D eigenvalue weighted by molar-refractivity contribution is 8.01. The van der Waals surface area contributed by atoms with E-state index in [2.05, 4.69) is 70.3 Å². The van der Waals surface area contributed by atoms with Crippen molar-refractivity contribution in [2.24, 2.45) is 10.2 Å². The minimum Gasteiger partial charge on any atom is -0.333 e. The van der Waals surface area contributed by atoms with E-state index in [1.807, 2.05) is 48.5 Å². The van der Waals surface area contributed by atoms with Gasteiger partial charge in [-0.25, -0.2) is 0 Å². The van der Waals surface area contributed by atoms with Crippen molar-refractivity contribution in [1.29, 1.82) is 0 Å². The fourth-order valence-electron chi connectivity index (χ4n) is 7.81. The summed E-state index contributed by atoms with van der Waals surface area (Å²) in [7, 11) is 0. The first-order valence-corrected chi connectivity index (χ1v) is 19.1. The van der Waals surface area contributed by atoms with Gasteiger partial charge in [-0.05, 0) is 140 Å². The predicted molar refractivity (Wildman–Crippen MR) is 199 cm³/mol. The lowest BCUT2D eigenvalue weighted by Crippen LogP contribution is -2.44. The molecule has 8 rings (SSSR count). The number of nitrogens with zero attached hydrogens (tertiary/aromatic N) is 6. The Kier molecular flexibility index (Phi) is 8.61. The standard InChI is InChI=1S/C38H34Cl2N6OS2/c1-21(25-5-3-7-29(39)17-25)35-31-15-13-27(23-9-10-23)19-33(31)48-37(35,43-45-41)47-38(44-46-42)36(22(2)26-6-4-8-30(40)18-26)32-16-14-28(24-11-12-24)20-34(32)49-38/h3-8,13-24,35-36H,9-12H2,1-2H3/t21-,22-,35?,36?,37?,38?/m0/s1. The molecule has 49 heavy (non-hydrogen) atoms. The summed E-state index contributed by atoms with van der Waals surface area (Å²) in [6.07, 6.45) is 4.68. The molecule has 4 aromatic rings. The fourth-order valence-corrected chi connectivity index (χ4v) is 11.3. The average molecular weight is 726 g/mol. The molecule has 11 heteroatoms.